The van der Waals surface area contributed by atoms with E-state index in [-0.39, 0.29) is 5.91 Å². The molecule has 34 heavy (non-hydrogen) atoms. The molecule has 1 aliphatic rings. The average Bonchev–Trinajstić information content (AvgIpc) is 3.45. The summed E-state index contributed by atoms with van der Waals surface area (Å²) in [6.07, 6.45) is 4.00. The third kappa shape index (κ3) is 5.20. The van der Waals surface area contributed by atoms with Gasteiger partial charge in [0.05, 0.1) is 11.3 Å². The van der Waals surface area contributed by atoms with Crippen LogP contribution in [0.15, 0.2) is 67.2 Å². The molecule has 0 aliphatic carbocycles. The number of halogens is 3. The fraction of sp³-hybridized carbons (Fsp3) is 0.120. The van der Waals surface area contributed by atoms with Gasteiger partial charge in [-0.2, -0.15) is 13.2 Å². The monoisotopic (exact) mass is 466 g/mol. The molecule has 6 nitrogen and oxygen atoms in total. The predicted octanol–water partition coefficient (Wildman–Crippen LogP) is 5.63. The molecule has 174 valence electrons. The molecule has 1 amide bonds. The van der Waals surface area contributed by atoms with Crippen molar-refractivity contribution in [1.29, 1.82) is 0 Å². The van der Waals surface area contributed by atoms with E-state index in [0.717, 1.165) is 45.7 Å². The summed E-state index contributed by atoms with van der Waals surface area (Å²) >= 11 is 0. The third-order valence-electron chi connectivity index (χ3n) is 5.25. The van der Waals surface area contributed by atoms with Crippen LogP contribution >= 0.6 is 0 Å². The van der Waals surface area contributed by atoms with Crippen molar-refractivity contribution in [2.24, 2.45) is 0 Å². The molecule has 0 fully saturated rings. The maximum absolute atomic E-state index is 12.0. The van der Waals surface area contributed by atoms with Crippen molar-refractivity contribution >= 4 is 29.0 Å². The fourth-order valence-corrected chi connectivity index (χ4v) is 3.51. The van der Waals surface area contributed by atoms with E-state index >= 15 is 0 Å². The SMILES string of the molecule is C=C(O)C(F)(F)F.O=C1NCCc2[nH]c(-c3ccnc(/C=C/c4ccc5[nH]ccc5c4)c3)cc21. The zero-order valence-electron chi connectivity index (χ0n) is 17.9. The number of aliphatic hydroxyl groups is 1. The molecular formula is C25H21F3N4O2. The molecule has 4 N–H and O–H groups in total. The van der Waals surface area contributed by atoms with E-state index in [2.05, 4.69) is 57.2 Å². The highest BCUT2D eigenvalue weighted by atomic mass is 19.4. The molecule has 3 aromatic heterocycles. The lowest BCUT2D eigenvalue weighted by Crippen LogP contribution is -2.31. The number of hydrogen-bond donors (Lipinski definition) is 4. The molecule has 9 heteroatoms. The van der Waals surface area contributed by atoms with Crippen molar-refractivity contribution in [1.82, 2.24) is 20.3 Å². The second-order valence-electron chi connectivity index (χ2n) is 7.65. The van der Waals surface area contributed by atoms with Gasteiger partial charge in [-0.15, -0.1) is 0 Å². The number of aromatic amines is 2. The van der Waals surface area contributed by atoms with Gasteiger partial charge in [-0.25, -0.2) is 0 Å². The number of aliphatic hydroxyl groups excluding tert-OH is 1. The first-order chi connectivity index (χ1) is 16.2. The average molecular weight is 466 g/mol. The molecular weight excluding hydrogens is 445 g/mol. The number of H-pyrrole nitrogens is 2. The van der Waals surface area contributed by atoms with Gasteiger partial charge in [0.1, 0.15) is 0 Å². The zero-order chi connectivity index (χ0) is 24.3. The number of nitrogens with zero attached hydrogens (tertiary/aromatic N) is 1. The molecule has 1 aliphatic heterocycles. The number of rotatable bonds is 3. The lowest BCUT2D eigenvalue weighted by molar-refractivity contribution is -0.119. The Labute approximate surface area is 192 Å². The molecule has 0 bridgehead atoms. The summed E-state index contributed by atoms with van der Waals surface area (Å²) in [6, 6.07) is 14.3. The zero-order valence-corrected chi connectivity index (χ0v) is 17.9. The van der Waals surface area contributed by atoms with E-state index in [4.69, 9.17) is 5.11 Å². The van der Waals surface area contributed by atoms with Crippen LogP contribution in [-0.4, -0.2) is 38.7 Å². The van der Waals surface area contributed by atoms with Crippen LogP contribution < -0.4 is 5.32 Å². The summed E-state index contributed by atoms with van der Waals surface area (Å²) in [5, 5.41) is 11.6. The van der Waals surface area contributed by atoms with Gasteiger partial charge >= 0.3 is 6.18 Å². The van der Waals surface area contributed by atoms with Gasteiger partial charge in [0.2, 0.25) is 0 Å². The highest BCUT2D eigenvalue weighted by Crippen LogP contribution is 2.25. The highest BCUT2D eigenvalue weighted by Gasteiger charge is 2.31. The van der Waals surface area contributed by atoms with Crippen molar-refractivity contribution in [3.63, 3.8) is 0 Å². The van der Waals surface area contributed by atoms with E-state index in [1.54, 1.807) is 6.20 Å². The number of pyridine rings is 1. The van der Waals surface area contributed by atoms with Crippen molar-refractivity contribution in [2.45, 2.75) is 12.6 Å². The second kappa shape index (κ2) is 9.30. The number of allylic oxidation sites excluding steroid dienone is 1. The number of benzene rings is 1. The summed E-state index contributed by atoms with van der Waals surface area (Å²) < 4.78 is 32.5. The molecule has 0 unspecified atom stereocenters. The summed E-state index contributed by atoms with van der Waals surface area (Å²) in [4.78, 5) is 23.0. The Bertz CT molecular complexity index is 1380. The van der Waals surface area contributed by atoms with Crippen LogP contribution in [0.2, 0.25) is 0 Å². The minimum atomic E-state index is -4.64. The second-order valence-corrected chi connectivity index (χ2v) is 7.65. The Morgan fingerprint density at radius 3 is 2.65 bits per heavy atom. The molecule has 0 radical (unpaired) electrons. The summed E-state index contributed by atoms with van der Waals surface area (Å²) in [5.41, 5.74) is 6.84. The quantitative estimate of drug-likeness (QED) is 0.295. The number of carbonyl (C=O) groups excluding carboxylic acids is 1. The first-order valence-corrected chi connectivity index (χ1v) is 10.4. The van der Waals surface area contributed by atoms with Gasteiger partial charge in [-0.3, -0.25) is 9.78 Å². The molecule has 5 rings (SSSR count). The molecule has 4 aromatic rings. The number of carbonyl (C=O) groups is 1. The summed E-state index contributed by atoms with van der Waals surface area (Å²) in [7, 11) is 0. The Morgan fingerprint density at radius 2 is 1.91 bits per heavy atom. The van der Waals surface area contributed by atoms with E-state index < -0.39 is 11.9 Å². The highest BCUT2D eigenvalue weighted by molar-refractivity contribution is 5.97. The topological polar surface area (TPSA) is 93.8 Å². The number of amides is 1. The van der Waals surface area contributed by atoms with Crippen molar-refractivity contribution < 1.29 is 23.1 Å². The van der Waals surface area contributed by atoms with Gasteiger partial charge in [-0.05, 0) is 53.4 Å². The lowest BCUT2D eigenvalue weighted by atomic mass is 10.1. The molecule has 4 heterocycles. The van der Waals surface area contributed by atoms with E-state index in [1.807, 2.05) is 30.5 Å². The Hall–Kier alpha value is -4.27. The van der Waals surface area contributed by atoms with Crippen LogP contribution in [-0.2, 0) is 6.42 Å². The molecule has 0 atom stereocenters. The Morgan fingerprint density at radius 1 is 1.12 bits per heavy atom. The maximum atomic E-state index is 12.0. The van der Waals surface area contributed by atoms with Crippen LogP contribution in [0.1, 0.15) is 27.3 Å². The minimum absolute atomic E-state index is 0.00641. The molecule has 0 saturated heterocycles. The van der Waals surface area contributed by atoms with Gasteiger partial charge in [0.15, 0.2) is 5.76 Å². The van der Waals surface area contributed by atoms with Crippen LogP contribution in [0.5, 0.6) is 0 Å². The van der Waals surface area contributed by atoms with E-state index in [9.17, 15) is 18.0 Å². The largest absolute Gasteiger partial charge is 0.505 e. The number of hydrogen-bond acceptors (Lipinski definition) is 3. The predicted molar refractivity (Wildman–Crippen MR) is 125 cm³/mol. The Kier molecular flexibility index (Phi) is 6.27. The van der Waals surface area contributed by atoms with Crippen molar-refractivity contribution in [2.75, 3.05) is 6.54 Å². The summed E-state index contributed by atoms with van der Waals surface area (Å²) in [6.45, 7) is 2.94. The number of aromatic nitrogens is 3. The van der Waals surface area contributed by atoms with Gasteiger partial charge in [0, 0.05) is 47.8 Å². The lowest BCUT2D eigenvalue weighted by Gasteiger charge is -2.10. The Balaban J connectivity index is 0.000000344. The van der Waals surface area contributed by atoms with Gasteiger partial charge in [-0.1, -0.05) is 18.7 Å². The maximum Gasteiger partial charge on any atom is 0.448 e. The molecule has 1 aromatic carbocycles. The first kappa shape index (κ1) is 22.9. The third-order valence-corrected chi connectivity index (χ3v) is 5.25. The summed E-state index contributed by atoms with van der Waals surface area (Å²) in [5.74, 6) is -1.76. The first-order valence-electron chi connectivity index (χ1n) is 10.4. The van der Waals surface area contributed by atoms with Gasteiger partial charge < -0.3 is 20.4 Å². The molecule has 0 spiro atoms. The smallest absolute Gasteiger partial charge is 0.448 e. The van der Waals surface area contributed by atoms with Crippen LogP contribution in [0, 0.1) is 0 Å². The van der Waals surface area contributed by atoms with Crippen LogP contribution in [0.25, 0.3) is 34.3 Å². The van der Waals surface area contributed by atoms with Crippen LogP contribution in [0.4, 0.5) is 13.2 Å². The van der Waals surface area contributed by atoms with Crippen molar-refractivity contribution in [3.05, 3.63) is 89.7 Å². The number of nitrogens with one attached hydrogen (secondary N) is 3. The van der Waals surface area contributed by atoms with E-state index in [0.29, 0.717) is 6.54 Å². The number of fused-ring (bicyclic) bond motifs is 2. The fourth-order valence-electron chi connectivity index (χ4n) is 3.51. The van der Waals surface area contributed by atoms with E-state index in [1.165, 1.54) is 5.39 Å². The minimum Gasteiger partial charge on any atom is -0.505 e. The molecule has 0 saturated carbocycles. The normalized spacial score (nSPS) is 13.3. The standard InChI is InChI=1S/C22H18N4O.C3H3F3O/c27-22-18-13-21(26-20(18)7-10-25-22)16-5-8-23-17(12-16)3-1-14-2-4-19-15(11-14)6-9-24-19;1-2(7)3(4,5)6/h1-6,8-9,11-13,24,26H,7,10H2,(H,25,27);7H,1H2/b3-1+;. The van der Waals surface area contributed by atoms with Crippen LogP contribution in [0.3, 0.4) is 0 Å². The van der Waals surface area contributed by atoms with Gasteiger partial charge in [0.25, 0.3) is 5.91 Å². The number of alkyl halides is 3. The van der Waals surface area contributed by atoms with Crippen molar-refractivity contribution in [3.8, 4) is 11.3 Å².